The smallest absolute Gasteiger partial charge is 0.227 e. The second-order valence-corrected chi connectivity index (χ2v) is 6.49. The standard InChI is InChI=1S/C21H28N2O2/c1-16(17(2)22)21(24)23(15-19-7-5-4-6-8-19)14-13-18-9-11-20(25-3)12-10-18/h4-12,16-17H,13-15,22H2,1-3H3. The zero-order valence-electron chi connectivity index (χ0n) is 15.3. The Morgan fingerprint density at radius 3 is 2.24 bits per heavy atom. The third-order valence-electron chi connectivity index (χ3n) is 4.54. The van der Waals surface area contributed by atoms with Gasteiger partial charge in [0.1, 0.15) is 5.75 Å². The van der Waals surface area contributed by atoms with Crippen LogP contribution in [0.15, 0.2) is 54.6 Å². The summed E-state index contributed by atoms with van der Waals surface area (Å²) < 4.78 is 5.19. The topological polar surface area (TPSA) is 55.6 Å². The van der Waals surface area contributed by atoms with Crippen LogP contribution in [0.1, 0.15) is 25.0 Å². The van der Waals surface area contributed by atoms with Crippen LogP contribution in [0.3, 0.4) is 0 Å². The molecule has 2 aromatic rings. The van der Waals surface area contributed by atoms with Crippen LogP contribution in [0, 0.1) is 5.92 Å². The minimum atomic E-state index is -0.195. The van der Waals surface area contributed by atoms with Gasteiger partial charge in [-0.2, -0.15) is 0 Å². The molecule has 0 bridgehead atoms. The van der Waals surface area contributed by atoms with E-state index in [-0.39, 0.29) is 17.9 Å². The van der Waals surface area contributed by atoms with Crippen LogP contribution < -0.4 is 10.5 Å². The molecule has 2 aromatic carbocycles. The van der Waals surface area contributed by atoms with Gasteiger partial charge in [0, 0.05) is 19.1 Å². The van der Waals surface area contributed by atoms with E-state index >= 15 is 0 Å². The predicted octanol–water partition coefficient (Wildman–Crippen LogP) is 3.25. The molecule has 0 saturated heterocycles. The van der Waals surface area contributed by atoms with Crippen LogP contribution in [-0.2, 0) is 17.8 Å². The van der Waals surface area contributed by atoms with E-state index in [9.17, 15) is 4.79 Å². The van der Waals surface area contributed by atoms with Gasteiger partial charge < -0.3 is 15.4 Å². The molecule has 1 amide bonds. The van der Waals surface area contributed by atoms with Crippen LogP contribution in [0.5, 0.6) is 5.75 Å². The molecule has 0 aliphatic rings. The fraction of sp³-hybridized carbons (Fsp3) is 0.381. The lowest BCUT2D eigenvalue weighted by molar-refractivity contribution is -0.136. The molecule has 25 heavy (non-hydrogen) atoms. The van der Waals surface area contributed by atoms with Gasteiger partial charge in [-0.25, -0.2) is 0 Å². The Morgan fingerprint density at radius 1 is 1.04 bits per heavy atom. The molecule has 2 atom stereocenters. The number of hydrogen-bond donors (Lipinski definition) is 1. The molecular weight excluding hydrogens is 312 g/mol. The monoisotopic (exact) mass is 340 g/mol. The van der Waals surface area contributed by atoms with Gasteiger partial charge in [0.2, 0.25) is 5.91 Å². The summed E-state index contributed by atoms with van der Waals surface area (Å²) in [4.78, 5) is 14.7. The molecule has 4 nitrogen and oxygen atoms in total. The molecule has 134 valence electrons. The minimum Gasteiger partial charge on any atom is -0.497 e. The Labute approximate surface area is 150 Å². The highest BCUT2D eigenvalue weighted by atomic mass is 16.5. The van der Waals surface area contributed by atoms with Crippen molar-refractivity contribution in [3.8, 4) is 5.75 Å². The number of hydrogen-bond acceptors (Lipinski definition) is 3. The lowest BCUT2D eigenvalue weighted by Gasteiger charge is -2.27. The Bertz CT molecular complexity index is 653. The van der Waals surface area contributed by atoms with Gasteiger partial charge in [-0.05, 0) is 36.6 Å². The van der Waals surface area contributed by atoms with Gasteiger partial charge in [0.25, 0.3) is 0 Å². The third kappa shape index (κ3) is 5.61. The van der Waals surface area contributed by atoms with E-state index in [0.717, 1.165) is 17.7 Å². The van der Waals surface area contributed by atoms with E-state index < -0.39 is 0 Å². The van der Waals surface area contributed by atoms with Crippen molar-refractivity contribution in [2.24, 2.45) is 11.7 Å². The largest absolute Gasteiger partial charge is 0.497 e. The molecule has 0 aliphatic carbocycles. The first kappa shape index (κ1) is 19.0. The summed E-state index contributed by atoms with van der Waals surface area (Å²) >= 11 is 0. The summed E-state index contributed by atoms with van der Waals surface area (Å²) in [6.45, 7) is 5.05. The van der Waals surface area contributed by atoms with Crippen molar-refractivity contribution < 1.29 is 9.53 Å². The van der Waals surface area contributed by atoms with Crippen molar-refractivity contribution in [1.82, 2.24) is 4.90 Å². The Kier molecular flexibility index (Phi) is 7.02. The maximum absolute atomic E-state index is 12.8. The summed E-state index contributed by atoms with van der Waals surface area (Å²) in [5.74, 6) is 0.749. The van der Waals surface area contributed by atoms with Crippen molar-refractivity contribution in [2.75, 3.05) is 13.7 Å². The number of ether oxygens (including phenoxy) is 1. The number of nitrogens with two attached hydrogens (primary N) is 1. The summed E-state index contributed by atoms with van der Waals surface area (Å²) in [5, 5.41) is 0. The number of amides is 1. The van der Waals surface area contributed by atoms with Crippen molar-refractivity contribution in [2.45, 2.75) is 32.9 Å². The summed E-state index contributed by atoms with van der Waals surface area (Å²) in [6.07, 6.45) is 0.800. The summed E-state index contributed by atoms with van der Waals surface area (Å²) in [7, 11) is 1.66. The summed E-state index contributed by atoms with van der Waals surface area (Å²) in [6, 6.07) is 17.9. The molecule has 2 rings (SSSR count). The van der Waals surface area contributed by atoms with Crippen LogP contribution in [0.4, 0.5) is 0 Å². The molecule has 0 aromatic heterocycles. The lowest BCUT2D eigenvalue weighted by atomic mass is 10.0. The second-order valence-electron chi connectivity index (χ2n) is 6.49. The molecule has 0 spiro atoms. The van der Waals surface area contributed by atoms with Crippen LogP contribution in [0.2, 0.25) is 0 Å². The van der Waals surface area contributed by atoms with E-state index in [2.05, 4.69) is 0 Å². The van der Waals surface area contributed by atoms with Crippen molar-refractivity contribution in [1.29, 1.82) is 0 Å². The average Bonchev–Trinajstić information content (AvgIpc) is 2.65. The second kappa shape index (κ2) is 9.23. The highest BCUT2D eigenvalue weighted by Crippen LogP contribution is 2.15. The van der Waals surface area contributed by atoms with Crippen molar-refractivity contribution in [3.63, 3.8) is 0 Å². The fourth-order valence-electron chi connectivity index (χ4n) is 2.64. The zero-order valence-corrected chi connectivity index (χ0v) is 15.3. The zero-order chi connectivity index (χ0) is 18.2. The van der Waals surface area contributed by atoms with Gasteiger partial charge >= 0.3 is 0 Å². The van der Waals surface area contributed by atoms with Gasteiger partial charge in [0.15, 0.2) is 0 Å². The molecular formula is C21H28N2O2. The molecule has 0 heterocycles. The van der Waals surface area contributed by atoms with Gasteiger partial charge in [-0.3, -0.25) is 4.79 Å². The molecule has 0 fully saturated rings. The van der Waals surface area contributed by atoms with Crippen molar-refractivity contribution >= 4 is 5.91 Å². The van der Waals surface area contributed by atoms with E-state index in [1.165, 1.54) is 5.56 Å². The number of carbonyl (C=O) groups excluding carboxylic acids is 1. The number of nitrogens with zero attached hydrogens (tertiary/aromatic N) is 1. The number of carbonyl (C=O) groups is 1. The predicted molar refractivity (Wildman–Crippen MR) is 101 cm³/mol. The normalized spacial score (nSPS) is 13.1. The van der Waals surface area contributed by atoms with E-state index in [1.54, 1.807) is 7.11 Å². The van der Waals surface area contributed by atoms with Gasteiger partial charge in [-0.1, -0.05) is 49.4 Å². The highest BCUT2D eigenvalue weighted by molar-refractivity contribution is 5.79. The SMILES string of the molecule is COc1ccc(CCN(Cc2ccccc2)C(=O)C(C)C(C)N)cc1. The van der Waals surface area contributed by atoms with Crippen LogP contribution in [0.25, 0.3) is 0 Å². The Hall–Kier alpha value is -2.33. The molecule has 0 saturated carbocycles. The number of methoxy groups -OCH3 is 1. The molecule has 2 unspecified atom stereocenters. The molecule has 0 radical (unpaired) electrons. The van der Waals surface area contributed by atoms with Gasteiger partial charge in [0.05, 0.1) is 13.0 Å². The first-order chi connectivity index (χ1) is 12.0. The first-order valence-corrected chi connectivity index (χ1v) is 8.72. The van der Waals surface area contributed by atoms with Gasteiger partial charge in [-0.15, -0.1) is 0 Å². The molecule has 0 aliphatic heterocycles. The third-order valence-corrected chi connectivity index (χ3v) is 4.54. The van der Waals surface area contributed by atoms with E-state index in [0.29, 0.717) is 13.1 Å². The number of benzene rings is 2. The van der Waals surface area contributed by atoms with E-state index in [1.807, 2.05) is 73.3 Å². The maximum Gasteiger partial charge on any atom is 0.227 e. The lowest BCUT2D eigenvalue weighted by Crippen LogP contribution is -2.42. The minimum absolute atomic E-state index is 0.104. The van der Waals surface area contributed by atoms with Crippen LogP contribution >= 0.6 is 0 Å². The fourth-order valence-corrected chi connectivity index (χ4v) is 2.64. The maximum atomic E-state index is 12.8. The molecule has 4 heteroatoms. The van der Waals surface area contributed by atoms with Crippen LogP contribution in [-0.4, -0.2) is 30.5 Å². The quantitative estimate of drug-likeness (QED) is 0.802. The Morgan fingerprint density at radius 2 is 1.68 bits per heavy atom. The van der Waals surface area contributed by atoms with Crippen molar-refractivity contribution in [3.05, 3.63) is 65.7 Å². The van der Waals surface area contributed by atoms with E-state index in [4.69, 9.17) is 10.5 Å². The Balaban J connectivity index is 2.08. The molecule has 2 N–H and O–H groups in total. The summed E-state index contributed by atoms with van der Waals surface area (Å²) in [5.41, 5.74) is 8.25. The average molecular weight is 340 g/mol. The number of rotatable bonds is 8. The first-order valence-electron chi connectivity index (χ1n) is 8.72. The highest BCUT2D eigenvalue weighted by Gasteiger charge is 2.23.